The molecule has 1 aromatic heterocycles. The van der Waals surface area contributed by atoms with E-state index in [1.807, 2.05) is 6.20 Å². The Hall–Kier alpha value is -0.310. The molecular formula is C11H17BrN2. The first-order valence-corrected chi connectivity index (χ1v) is 6.37. The van der Waals surface area contributed by atoms with Gasteiger partial charge in [0.05, 0.1) is 0 Å². The number of hydrogen-bond acceptors (Lipinski definition) is 1. The summed E-state index contributed by atoms with van der Waals surface area (Å²) in [5.41, 5.74) is 0. The zero-order chi connectivity index (χ0) is 9.97. The molecule has 14 heavy (non-hydrogen) atoms. The second-order valence-corrected chi connectivity index (χ2v) is 5.22. The Morgan fingerprint density at radius 3 is 3.07 bits per heavy atom. The van der Waals surface area contributed by atoms with Crippen molar-refractivity contribution >= 4 is 15.9 Å². The summed E-state index contributed by atoms with van der Waals surface area (Å²) in [6.45, 7) is 3.21. The predicted octanol–water partition coefficient (Wildman–Crippen LogP) is 3.01. The molecule has 78 valence electrons. The molecular weight excluding hydrogens is 240 g/mol. The molecule has 0 amide bonds. The molecule has 0 N–H and O–H groups in total. The minimum atomic E-state index is 0.713. The molecule has 1 saturated carbocycles. The van der Waals surface area contributed by atoms with Crippen LogP contribution < -0.4 is 0 Å². The molecule has 0 spiro atoms. The van der Waals surface area contributed by atoms with E-state index in [2.05, 4.69) is 38.6 Å². The van der Waals surface area contributed by atoms with Crippen molar-refractivity contribution in [3.05, 3.63) is 18.2 Å². The van der Waals surface area contributed by atoms with Crippen molar-refractivity contribution in [2.45, 2.75) is 44.0 Å². The fourth-order valence-corrected chi connectivity index (χ4v) is 3.05. The fraction of sp³-hybridized carbons (Fsp3) is 0.727. The normalized spacial score (nSPS) is 27.0. The SMILES string of the molecule is CCn1ccnc1CC1CCCC1Br. The summed E-state index contributed by atoms with van der Waals surface area (Å²) in [7, 11) is 0. The van der Waals surface area contributed by atoms with E-state index in [0.29, 0.717) is 4.83 Å². The van der Waals surface area contributed by atoms with Gasteiger partial charge in [0.1, 0.15) is 5.82 Å². The second kappa shape index (κ2) is 4.47. The van der Waals surface area contributed by atoms with E-state index in [0.717, 1.165) is 18.9 Å². The molecule has 0 aromatic carbocycles. The van der Waals surface area contributed by atoms with E-state index in [-0.39, 0.29) is 0 Å². The van der Waals surface area contributed by atoms with Gasteiger partial charge in [0.2, 0.25) is 0 Å². The van der Waals surface area contributed by atoms with Crippen molar-refractivity contribution in [1.82, 2.24) is 9.55 Å². The Kier molecular flexibility index (Phi) is 3.26. The Bertz CT molecular complexity index is 295. The molecule has 3 heteroatoms. The maximum atomic E-state index is 4.43. The standard InChI is InChI=1S/C11H17BrN2/c1-2-14-7-6-13-11(14)8-9-4-3-5-10(9)12/h6-7,9-10H,2-5,8H2,1H3. The van der Waals surface area contributed by atoms with Gasteiger partial charge in [-0.25, -0.2) is 4.98 Å². The topological polar surface area (TPSA) is 17.8 Å². The largest absolute Gasteiger partial charge is 0.335 e. The van der Waals surface area contributed by atoms with Gasteiger partial charge in [0.15, 0.2) is 0 Å². The van der Waals surface area contributed by atoms with Crippen LogP contribution in [0.4, 0.5) is 0 Å². The van der Waals surface area contributed by atoms with E-state index >= 15 is 0 Å². The van der Waals surface area contributed by atoms with Gasteiger partial charge in [0, 0.05) is 30.2 Å². The summed E-state index contributed by atoms with van der Waals surface area (Å²) < 4.78 is 2.25. The summed E-state index contributed by atoms with van der Waals surface area (Å²) in [5, 5.41) is 0. The first kappa shape index (κ1) is 10.2. The molecule has 0 aliphatic heterocycles. The third-order valence-electron chi connectivity index (χ3n) is 3.15. The first-order chi connectivity index (χ1) is 6.81. The molecule has 2 unspecified atom stereocenters. The number of halogens is 1. The third kappa shape index (κ3) is 2.02. The average Bonchev–Trinajstić information content (AvgIpc) is 2.77. The van der Waals surface area contributed by atoms with Gasteiger partial charge in [-0.3, -0.25) is 0 Å². The van der Waals surface area contributed by atoms with E-state index in [1.165, 1.54) is 25.1 Å². The minimum absolute atomic E-state index is 0.713. The van der Waals surface area contributed by atoms with Crippen LogP contribution in [0.5, 0.6) is 0 Å². The third-order valence-corrected chi connectivity index (χ3v) is 4.36. The zero-order valence-corrected chi connectivity index (χ0v) is 10.2. The second-order valence-electron chi connectivity index (χ2n) is 4.04. The zero-order valence-electron chi connectivity index (χ0n) is 8.62. The lowest BCUT2D eigenvalue weighted by Gasteiger charge is -2.13. The molecule has 2 atom stereocenters. The highest BCUT2D eigenvalue weighted by Gasteiger charge is 2.25. The van der Waals surface area contributed by atoms with Gasteiger partial charge < -0.3 is 4.57 Å². The maximum Gasteiger partial charge on any atom is 0.108 e. The highest BCUT2D eigenvalue weighted by molar-refractivity contribution is 9.09. The van der Waals surface area contributed by atoms with Gasteiger partial charge in [-0.1, -0.05) is 22.4 Å². The molecule has 1 fully saturated rings. The summed E-state index contributed by atoms with van der Waals surface area (Å²) in [4.78, 5) is 5.14. The lowest BCUT2D eigenvalue weighted by Crippen LogP contribution is -2.13. The molecule has 2 rings (SSSR count). The predicted molar refractivity (Wildman–Crippen MR) is 61.7 cm³/mol. The monoisotopic (exact) mass is 256 g/mol. The highest BCUT2D eigenvalue weighted by atomic mass is 79.9. The van der Waals surface area contributed by atoms with E-state index in [4.69, 9.17) is 0 Å². The van der Waals surface area contributed by atoms with Crippen LogP contribution >= 0.6 is 15.9 Å². The van der Waals surface area contributed by atoms with Crippen LogP contribution in [0.1, 0.15) is 32.0 Å². The van der Waals surface area contributed by atoms with Crippen molar-refractivity contribution in [2.24, 2.45) is 5.92 Å². The van der Waals surface area contributed by atoms with Crippen LogP contribution in [0.25, 0.3) is 0 Å². The Morgan fingerprint density at radius 1 is 1.57 bits per heavy atom. The van der Waals surface area contributed by atoms with E-state index in [9.17, 15) is 0 Å². The lowest BCUT2D eigenvalue weighted by molar-refractivity contribution is 0.526. The van der Waals surface area contributed by atoms with Crippen LogP contribution in [-0.2, 0) is 13.0 Å². The molecule has 1 aliphatic rings. The summed E-state index contributed by atoms with van der Waals surface area (Å²) in [6, 6.07) is 0. The van der Waals surface area contributed by atoms with Crippen LogP contribution in [0.2, 0.25) is 0 Å². The van der Waals surface area contributed by atoms with Crippen molar-refractivity contribution in [1.29, 1.82) is 0 Å². The molecule has 1 aromatic rings. The van der Waals surface area contributed by atoms with Crippen LogP contribution in [0, 0.1) is 5.92 Å². The van der Waals surface area contributed by atoms with Crippen molar-refractivity contribution < 1.29 is 0 Å². The molecule has 0 radical (unpaired) electrons. The van der Waals surface area contributed by atoms with Crippen LogP contribution in [-0.4, -0.2) is 14.4 Å². The van der Waals surface area contributed by atoms with Gasteiger partial charge in [-0.05, 0) is 25.7 Å². The van der Waals surface area contributed by atoms with Crippen molar-refractivity contribution in [3.63, 3.8) is 0 Å². The van der Waals surface area contributed by atoms with Crippen molar-refractivity contribution in [2.75, 3.05) is 0 Å². The molecule has 1 aliphatic carbocycles. The summed E-state index contributed by atoms with van der Waals surface area (Å²) >= 11 is 3.76. The van der Waals surface area contributed by atoms with E-state index in [1.54, 1.807) is 0 Å². The average molecular weight is 257 g/mol. The highest BCUT2D eigenvalue weighted by Crippen LogP contribution is 2.33. The number of aromatic nitrogens is 2. The number of rotatable bonds is 3. The number of hydrogen-bond donors (Lipinski definition) is 0. The molecule has 0 bridgehead atoms. The number of aryl methyl sites for hydroxylation is 1. The first-order valence-electron chi connectivity index (χ1n) is 5.45. The van der Waals surface area contributed by atoms with Crippen molar-refractivity contribution in [3.8, 4) is 0 Å². The van der Waals surface area contributed by atoms with E-state index < -0.39 is 0 Å². The van der Waals surface area contributed by atoms with Gasteiger partial charge in [-0.15, -0.1) is 0 Å². The van der Waals surface area contributed by atoms with Gasteiger partial charge >= 0.3 is 0 Å². The van der Waals surface area contributed by atoms with Gasteiger partial charge in [-0.2, -0.15) is 0 Å². The lowest BCUT2D eigenvalue weighted by atomic mass is 10.0. The van der Waals surface area contributed by atoms with Gasteiger partial charge in [0.25, 0.3) is 0 Å². The summed E-state index contributed by atoms with van der Waals surface area (Å²) in [6.07, 6.45) is 9.18. The smallest absolute Gasteiger partial charge is 0.108 e. The number of imidazole rings is 1. The van der Waals surface area contributed by atoms with Crippen LogP contribution in [0.3, 0.4) is 0 Å². The Balaban J connectivity index is 2.02. The molecule has 1 heterocycles. The van der Waals surface area contributed by atoms with Crippen LogP contribution in [0.15, 0.2) is 12.4 Å². The number of alkyl halides is 1. The fourth-order valence-electron chi connectivity index (χ4n) is 2.27. The maximum absolute atomic E-state index is 4.43. The minimum Gasteiger partial charge on any atom is -0.335 e. The quantitative estimate of drug-likeness (QED) is 0.761. The Morgan fingerprint density at radius 2 is 2.43 bits per heavy atom. The summed E-state index contributed by atoms with van der Waals surface area (Å²) in [5.74, 6) is 2.05. The molecule has 0 saturated heterocycles. The Labute approximate surface area is 93.9 Å². The molecule has 2 nitrogen and oxygen atoms in total. The number of nitrogens with zero attached hydrogens (tertiary/aromatic N) is 2.